The van der Waals surface area contributed by atoms with Crippen LogP contribution in [0.1, 0.15) is 23.0 Å². The number of carbonyl (C=O) groups is 1. The highest BCUT2D eigenvalue weighted by Gasteiger charge is 2.21. The average Bonchev–Trinajstić information content (AvgIpc) is 3.28. The van der Waals surface area contributed by atoms with E-state index in [1.54, 1.807) is 25.3 Å². The van der Waals surface area contributed by atoms with Crippen LogP contribution in [0.2, 0.25) is 0 Å². The number of methoxy groups -OCH3 is 2. The third kappa shape index (κ3) is 2.86. The predicted molar refractivity (Wildman–Crippen MR) is 113 cm³/mol. The number of hydrogen-bond acceptors (Lipinski definition) is 5. The molecule has 7 heteroatoms. The average molecular weight is 390 g/mol. The van der Waals surface area contributed by atoms with Gasteiger partial charge in [0.1, 0.15) is 16.9 Å². The lowest BCUT2D eigenvalue weighted by atomic mass is 10.2. The first-order valence-electron chi connectivity index (χ1n) is 9.28. The van der Waals surface area contributed by atoms with Crippen molar-refractivity contribution in [3.63, 3.8) is 0 Å². The Kier molecular flexibility index (Phi) is 4.58. The molecule has 29 heavy (non-hydrogen) atoms. The van der Waals surface area contributed by atoms with E-state index in [0.717, 1.165) is 40.3 Å². The SMILES string of the molecule is C=Cc1ccc2cc(-c3nc4cc(C(=O)OC)cc(OC)c4n3C)n(CC)c2n1. The van der Waals surface area contributed by atoms with E-state index in [1.807, 2.05) is 23.7 Å². The molecular weight excluding hydrogens is 368 g/mol. The van der Waals surface area contributed by atoms with Crippen LogP contribution >= 0.6 is 0 Å². The van der Waals surface area contributed by atoms with Gasteiger partial charge in [0.25, 0.3) is 0 Å². The van der Waals surface area contributed by atoms with Crippen LogP contribution in [0.5, 0.6) is 5.75 Å². The fraction of sp³-hybridized carbons (Fsp3) is 0.227. The first kappa shape index (κ1) is 18.7. The van der Waals surface area contributed by atoms with Crippen LogP contribution < -0.4 is 4.74 Å². The Labute approximate surface area is 168 Å². The number of hydrogen-bond donors (Lipinski definition) is 0. The number of esters is 1. The van der Waals surface area contributed by atoms with Gasteiger partial charge in [0, 0.05) is 19.0 Å². The smallest absolute Gasteiger partial charge is 0.338 e. The minimum Gasteiger partial charge on any atom is -0.494 e. The number of imidazole rings is 1. The van der Waals surface area contributed by atoms with E-state index in [9.17, 15) is 4.79 Å². The topological polar surface area (TPSA) is 71.2 Å². The maximum absolute atomic E-state index is 12.0. The number of pyridine rings is 1. The molecule has 0 atom stereocenters. The number of fused-ring (bicyclic) bond motifs is 2. The molecule has 0 aliphatic rings. The van der Waals surface area contributed by atoms with Crippen molar-refractivity contribution in [3.05, 3.63) is 48.2 Å². The molecule has 148 valence electrons. The van der Waals surface area contributed by atoms with Gasteiger partial charge in [-0.15, -0.1) is 0 Å². The highest BCUT2D eigenvalue weighted by Crippen LogP contribution is 2.34. The molecule has 0 aliphatic heterocycles. The second-order valence-corrected chi connectivity index (χ2v) is 6.66. The van der Waals surface area contributed by atoms with Crippen molar-refractivity contribution in [1.29, 1.82) is 0 Å². The summed E-state index contributed by atoms with van der Waals surface area (Å²) in [6.45, 7) is 6.62. The maximum Gasteiger partial charge on any atom is 0.338 e. The molecule has 0 unspecified atom stereocenters. The minimum atomic E-state index is -0.429. The van der Waals surface area contributed by atoms with Gasteiger partial charge >= 0.3 is 5.97 Å². The summed E-state index contributed by atoms with van der Waals surface area (Å²) in [6, 6.07) is 9.45. The number of ether oxygens (including phenoxy) is 2. The maximum atomic E-state index is 12.0. The number of aryl methyl sites for hydroxylation is 2. The van der Waals surface area contributed by atoms with Gasteiger partial charge in [-0.1, -0.05) is 6.58 Å². The summed E-state index contributed by atoms with van der Waals surface area (Å²) < 4.78 is 14.5. The van der Waals surface area contributed by atoms with Crippen molar-refractivity contribution in [3.8, 4) is 17.3 Å². The third-order valence-corrected chi connectivity index (χ3v) is 5.10. The molecule has 4 aromatic rings. The van der Waals surface area contributed by atoms with Crippen LogP contribution in [0.3, 0.4) is 0 Å². The van der Waals surface area contributed by atoms with Crippen molar-refractivity contribution >= 4 is 34.1 Å². The largest absolute Gasteiger partial charge is 0.494 e. The fourth-order valence-corrected chi connectivity index (χ4v) is 3.69. The highest BCUT2D eigenvalue weighted by atomic mass is 16.5. The standard InChI is InChI=1S/C22H22N4O3/c1-6-15-9-8-13-11-17(26(7-2)20(13)23-15)21-24-16-10-14(22(27)29-5)12-18(28-4)19(16)25(21)3/h6,8-12H,1,7H2,2-5H3. The fourth-order valence-electron chi connectivity index (χ4n) is 3.69. The van der Waals surface area contributed by atoms with E-state index in [0.29, 0.717) is 16.8 Å². The summed E-state index contributed by atoms with van der Waals surface area (Å²) in [6.07, 6.45) is 1.74. The Hall–Kier alpha value is -3.61. The highest BCUT2D eigenvalue weighted by molar-refractivity contribution is 5.97. The Morgan fingerprint density at radius 2 is 2.00 bits per heavy atom. The van der Waals surface area contributed by atoms with E-state index in [2.05, 4.69) is 24.1 Å². The van der Waals surface area contributed by atoms with E-state index in [4.69, 9.17) is 19.4 Å². The van der Waals surface area contributed by atoms with Gasteiger partial charge in [-0.2, -0.15) is 0 Å². The molecule has 3 aromatic heterocycles. The van der Waals surface area contributed by atoms with Crippen LogP contribution in [-0.4, -0.2) is 39.3 Å². The summed E-state index contributed by atoms with van der Waals surface area (Å²) in [5, 5.41) is 1.03. The normalized spacial score (nSPS) is 11.2. The molecule has 4 rings (SSSR count). The molecule has 0 amide bonds. The minimum absolute atomic E-state index is 0.398. The van der Waals surface area contributed by atoms with Crippen molar-refractivity contribution in [1.82, 2.24) is 19.1 Å². The summed E-state index contributed by atoms with van der Waals surface area (Å²) in [4.78, 5) is 21.6. The number of rotatable bonds is 5. The van der Waals surface area contributed by atoms with Gasteiger partial charge in [0.05, 0.1) is 36.7 Å². The van der Waals surface area contributed by atoms with E-state index in [-0.39, 0.29) is 0 Å². The van der Waals surface area contributed by atoms with E-state index in [1.165, 1.54) is 7.11 Å². The number of nitrogens with zero attached hydrogens (tertiary/aromatic N) is 4. The molecule has 0 spiro atoms. The van der Waals surface area contributed by atoms with Crippen molar-refractivity contribution in [2.75, 3.05) is 14.2 Å². The third-order valence-electron chi connectivity index (χ3n) is 5.10. The lowest BCUT2D eigenvalue weighted by Gasteiger charge is -2.09. The molecular formula is C22H22N4O3. The summed E-state index contributed by atoms with van der Waals surface area (Å²) in [5.74, 6) is 0.900. The first-order chi connectivity index (χ1) is 14.0. The zero-order valence-electron chi connectivity index (χ0n) is 16.9. The number of benzene rings is 1. The molecule has 0 aliphatic carbocycles. The summed E-state index contributed by atoms with van der Waals surface area (Å²) in [7, 11) is 4.87. The molecule has 7 nitrogen and oxygen atoms in total. The second kappa shape index (κ2) is 7.09. The monoisotopic (exact) mass is 390 g/mol. The van der Waals surface area contributed by atoms with Gasteiger partial charge in [-0.25, -0.2) is 14.8 Å². The van der Waals surface area contributed by atoms with Crippen LogP contribution in [0.25, 0.3) is 39.7 Å². The Balaban J connectivity index is 2.00. The summed E-state index contributed by atoms with van der Waals surface area (Å²) >= 11 is 0. The molecule has 0 fully saturated rings. The molecule has 3 heterocycles. The Bertz CT molecular complexity index is 1270. The van der Waals surface area contributed by atoms with E-state index >= 15 is 0 Å². The van der Waals surface area contributed by atoms with Crippen molar-refractivity contribution in [2.24, 2.45) is 7.05 Å². The number of carbonyl (C=O) groups excluding carboxylic acids is 1. The molecule has 1 aromatic carbocycles. The lowest BCUT2D eigenvalue weighted by Crippen LogP contribution is -2.03. The van der Waals surface area contributed by atoms with Crippen LogP contribution in [0.4, 0.5) is 0 Å². The summed E-state index contributed by atoms with van der Waals surface area (Å²) in [5.41, 5.74) is 4.52. The molecule has 0 bridgehead atoms. The van der Waals surface area contributed by atoms with Crippen molar-refractivity contribution < 1.29 is 14.3 Å². The van der Waals surface area contributed by atoms with Gasteiger partial charge in [0.15, 0.2) is 5.82 Å². The molecule has 0 saturated heterocycles. The molecule has 0 N–H and O–H groups in total. The second-order valence-electron chi connectivity index (χ2n) is 6.66. The van der Waals surface area contributed by atoms with Gasteiger partial charge in [0.2, 0.25) is 0 Å². The van der Waals surface area contributed by atoms with E-state index < -0.39 is 5.97 Å². The number of aromatic nitrogens is 4. The zero-order valence-corrected chi connectivity index (χ0v) is 16.9. The molecule has 0 radical (unpaired) electrons. The van der Waals surface area contributed by atoms with Gasteiger partial charge in [-0.3, -0.25) is 0 Å². The Morgan fingerprint density at radius 1 is 1.21 bits per heavy atom. The lowest BCUT2D eigenvalue weighted by molar-refractivity contribution is 0.0600. The van der Waals surface area contributed by atoms with Gasteiger partial charge in [-0.05, 0) is 43.3 Å². The zero-order chi connectivity index (χ0) is 20.7. The predicted octanol–water partition coefficient (Wildman–Crippen LogP) is 4.05. The Morgan fingerprint density at radius 3 is 2.66 bits per heavy atom. The first-order valence-corrected chi connectivity index (χ1v) is 9.28. The van der Waals surface area contributed by atoms with Crippen LogP contribution in [0.15, 0.2) is 36.9 Å². The van der Waals surface area contributed by atoms with Crippen molar-refractivity contribution in [2.45, 2.75) is 13.5 Å². The quantitative estimate of drug-likeness (QED) is 0.481. The van der Waals surface area contributed by atoms with Crippen LogP contribution in [-0.2, 0) is 18.3 Å². The molecule has 0 saturated carbocycles. The van der Waals surface area contributed by atoms with Gasteiger partial charge < -0.3 is 18.6 Å². The van der Waals surface area contributed by atoms with Crippen LogP contribution in [0, 0.1) is 0 Å².